The second kappa shape index (κ2) is 6.10. The van der Waals surface area contributed by atoms with E-state index in [9.17, 15) is 13.2 Å². The maximum absolute atomic E-state index is 12.5. The predicted molar refractivity (Wildman–Crippen MR) is 86.4 cm³/mol. The van der Waals surface area contributed by atoms with Gasteiger partial charge in [-0.2, -0.15) is 0 Å². The van der Waals surface area contributed by atoms with E-state index < -0.39 is 16.1 Å². The van der Waals surface area contributed by atoms with Gasteiger partial charge in [0.1, 0.15) is 0 Å². The summed E-state index contributed by atoms with van der Waals surface area (Å²) in [7, 11) is -3.66. The van der Waals surface area contributed by atoms with Gasteiger partial charge in [-0.05, 0) is 49.2 Å². The van der Waals surface area contributed by atoms with Crippen LogP contribution in [0.15, 0.2) is 47.5 Å². The second-order valence-corrected chi connectivity index (χ2v) is 7.18. The molecule has 3 rings (SSSR count). The molecule has 1 aromatic heterocycles. The van der Waals surface area contributed by atoms with Crippen molar-refractivity contribution in [3.05, 3.63) is 53.9 Å². The molecule has 7 heteroatoms. The highest BCUT2D eigenvalue weighted by molar-refractivity contribution is 7.89. The topological polar surface area (TPSA) is 88.2 Å². The van der Waals surface area contributed by atoms with Crippen LogP contribution >= 0.6 is 0 Å². The van der Waals surface area contributed by atoms with Crippen LogP contribution in [0, 0.1) is 0 Å². The zero-order chi connectivity index (χ0) is 16.4. The Morgan fingerprint density at radius 3 is 2.78 bits per heavy atom. The number of anilines is 1. The van der Waals surface area contributed by atoms with E-state index in [-0.39, 0.29) is 10.8 Å². The Labute approximate surface area is 135 Å². The van der Waals surface area contributed by atoms with Crippen molar-refractivity contribution in [1.82, 2.24) is 9.71 Å². The number of aryl methyl sites for hydroxylation is 1. The highest BCUT2D eigenvalue weighted by Gasteiger charge is 2.22. The number of carbonyl (C=O) groups excluding carboxylic acids is 1. The van der Waals surface area contributed by atoms with Crippen molar-refractivity contribution in [1.29, 1.82) is 0 Å². The maximum atomic E-state index is 12.5. The molecule has 0 saturated carbocycles. The molecule has 0 radical (unpaired) electrons. The summed E-state index contributed by atoms with van der Waals surface area (Å²) in [5.74, 6) is -0.0463. The minimum absolute atomic E-state index is 0.0463. The number of fused-ring (bicyclic) bond motifs is 1. The van der Waals surface area contributed by atoms with Crippen molar-refractivity contribution < 1.29 is 13.2 Å². The number of sulfonamides is 1. The van der Waals surface area contributed by atoms with E-state index in [0.29, 0.717) is 24.2 Å². The summed E-state index contributed by atoms with van der Waals surface area (Å²) in [4.78, 5) is 15.7. The summed E-state index contributed by atoms with van der Waals surface area (Å²) < 4.78 is 27.7. The zero-order valence-electron chi connectivity index (χ0n) is 12.6. The molecule has 2 heterocycles. The van der Waals surface area contributed by atoms with Gasteiger partial charge in [0, 0.05) is 18.3 Å². The Balaban J connectivity index is 1.84. The fraction of sp³-hybridized carbons (Fsp3) is 0.250. The van der Waals surface area contributed by atoms with E-state index in [1.807, 2.05) is 6.07 Å². The fourth-order valence-electron chi connectivity index (χ4n) is 2.52. The number of pyridine rings is 1. The van der Waals surface area contributed by atoms with Gasteiger partial charge in [-0.15, -0.1) is 0 Å². The highest BCUT2D eigenvalue weighted by atomic mass is 32.2. The SMILES string of the molecule is CC(NS(=O)(=O)c1ccc2c(c1)CCC(=O)N2)c1ccccn1. The van der Waals surface area contributed by atoms with Crippen molar-refractivity contribution in [3.63, 3.8) is 0 Å². The van der Waals surface area contributed by atoms with Crippen molar-refractivity contribution in [2.45, 2.75) is 30.7 Å². The van der Waals surface area contributed by atoms with Gasteiger partial charge < -0.3 is 5.32 Å². The third-order valence-corrected chi connectivity index (χ3v) is 5.28. The minimum Gasteiger partial charge on any atom is -0.326 e. The molecule has 2 aromatic rings. The first kappa shape index (κ1) is 15.6. The first-order valence-electron chi connectivity index (χ1n) is 7.32. The maximum Gasteiger partial charge on any atom is 0.241 e. The van der Waals surface area contributed by atoms with Crippen molar-refractivity contribution in [2.24, 2.45) is 0 Å². The average Bonchev–Trinajstić information content (AvgIpc) is 2.54. The molecule has 1 atom stereocenters. The Kier molecular flexibility index (Phi) is 4.14. The van der Waals surface area contributed by atoms with E-state index in [1.54, 1.807) is 37.4 Å². The molecule has 120 valence electrons. The van der Waals surface area contributed by atoms with E-state index in [1.165, 1.54) is 6.07 Å². The van der Waals surface area contributed by atoms with Crippen molar-refractivity contribution in [2.75, 3.05) is 5.32 Å². The first-order valence-corrected chi connectivity index (χ1v) is 8.80. The lowest BCUT2D eigenvalue weighted by molar-refractivity contribution is -0.116. The molecule has 0 aliphatic carbocycles. The number of carbonyl (C=O) groups is 1. The Morgan fingerprint density at radius 2 is 2.04 bits per heavy atom. The van der Waals surface area contributed by atoms with Crippen LogP contribution in [0.5, 0.6) is 0 Å². The lowest BCUT2D eigenvalue weighted by Crippen LogP contribution is -2.28. The smallest absolute Gasteiger partial charge is 0.241 e. The Bertz CT molecular complexity index is 835. The fourth-order valence-corrected chi connectivity index (χ4v) is 3.79. The van der Waals surface area contributed by atoms with E-state index >= 15 is 0 Å². The number of benzene rings is 1. The molecular formula is C16H17N3O3S. The van der Waals surface area contributed by atoms with Crippen LogP contribution in [0.2, 0.25) is 0 Å². The van der Waals surface area contributed by atoms with Crippen LogP contribution in [0.1, 0.15) is 30.6 Å². The minimum atomic E-state index is -3.66. The van der Waals surface area contributed by atoms with Gasteiger partial charge in [-0.3, -0.25) is 9.78 Å². The van der Waals surface area contributed by atoms with E-state index in [4.69, 9.17) is 0 Å². The van der Waals surface area contributed by atoms with Gasteiger partial charge in [0.05, 0.1) is 16.6 Å². The van der Waals surface area contributed by atoms with Gasteiger partial charge in [-0.25, -0.2) is 13.1 Å². The molecule has 2 N–H and O–H groups in total. The third kappa shape index (κ3) is 3.40. The molecule has 1 unspecified atom stereocenters. The second-order valence-electron chi connectivity index (χ2n) is 5.46. The van der Waals surface area contributed by atoms with E-state index in [0.717, 1.165) is 5.56 Å². The molecule has 1 aliphatic heterocycles. The molecule has 0 bridgehead atoms. The molecule has 0 spiro atoms. The third-order valence-electron chi connectivity index (χ3n) is 3.75. The number of nitrogens with zero attached hydrogens (tertiary/aromatic N) is 1. The van der Waals surface area contributed by atoms with Crippen LogP contribution in [0.3, 0.4) is 0 Å². The predicted octanol–water partition coefficient (Wildman–Crippen LogP) is 2.01. The molecule has 6 nitrogen and oxygen atoms in total. The number of aromatic nitrogens is 1. The summed E-state index contributed by atoms with van der Waals surface area (Å²) in [6.45, 7) is 1.75. The summed E-state index contributed by atoms with van der Waals surface area (Å²) in [5.41, 5.74) is 2.16. The first-order chi connectivity index (χ1) is 11.0. The molecular weight excluding hydrogens is 314 g/mol. The van der Waals surface area contributed by atoms with Gasteiger partial charge in [0.15, 0.2) is 0 Å². The molecule has 1 aromatic carbocycles. The van der Waals surface area contributed by atoms with Crippen LogP contribution in [-0.2, 0) is 21.2 Å². The largest absolute Gasteiger partial charge is 0.326 e. The molecule has 1 amide bonds. The van der Waals surface area contributed by atoms with Crippen LogP contribution in [0.4, 0.5) is 5.69 Å². The number of rotatable bonds is 4. The lowest BCUT2D eigenvalue weighted by Gasteiger charge is -2.18. The summed E-state index contributed by atoms with van der Waals surface area (Å²) in [5, 5.41) is 2.74. The Hall–Kier alpha value is -2.25. The normalized spacial score (nSPS) is 15.6. The van der Waals surface area contributed by atoms with Gasteiger partial charge >= 0.3 is 0 Å². The van der Waals surface area contributed by atoms with Crippen molar-refractivity contribution >= 4 is 21.6 Å². The molecule has 0 saturated heterocycles. The molecule has 0 fully saturated rings. The lowest BCUT2D eigenvalue weighted by atomic mass is 10.0. The van der Waals surface area contributed by atoms with E-state index in [2.05, 4.69) is 15.0 Å². The van der Waals surface area contributed by atoms with Crippen LogP contribution in [-0.4, -0.2) is 19.3 Å². The monoisotopic (exact) mass is 331 g/mol. The molecule has 23 heavy (non-hydrogen) atoms. The average molecular weight is 331 g/mol. The van der Waals surface area contributed by atoms with Gasteiger partial charge in [0.25, 0.3) is 0 Å². The molecule has 1 aliphatic rings. The summed E-state index contributed by atoms with van der Waals surface area (Å²) >= 11 is 0. The quantitative estimate of drug-likeness (QED) is 0.897. The van der Waals surface area contributed by atoms with Gasteiger partial charge in [0.2, 0.25) is 15.9 Å². The van der Waals surface area contributed by atoms with Gasteiger partial charge in [-0.1, -0.05) is 6.07 Å². The number of hydrogen-bond acceptors (Lipinski definition) is 4. The summed E-state index contributed by atoms with van der Waals surface area (Å²) in [6, 6.07) is 9.68. The summed E-state index contributed by atoms with van der Waals surface area (Å²) in [6.07, 6.45) is 2.54. The Morgan fingerprint density at radius 1 is 1.22 bits per heavy atom. The zero-order valence-corrected chi connectivity index (χ0v) is 13.4. The standard InChI is InChI=1S/C16H17N3O3S/c1-11(14-4-2-3-9-17-14)19-23(21,22)13-6-7-15-12(10-13)5-8-16(20)18-15/h2-4,6-7,9-11,19H,5,8H2,1H3,(H,18,20). The van der Waals surface area contributed by atoms with Crippen LogP contribution < -0.4 is 10.0 Å². The van der Waals surface area contributed by atoms with Crippen LogP contribution in [0.25, 0.3) is 0 Å². The number of nitrogens with one attached hydrogen (secondary N) is 2. The van der Waals surface area contributed by atoms with Crippen molar-refractivity contribution in [3.8, 4) is 0 Å². The number of amides is 1. The highest BCUT2D eigenvalue weighted by Crippen LogP contribution is 2.26. The number of hydrogen-bond donors (Lipinski definition) is 2.